The Hall–Kier alpha value is -1.87. The molecule has 0 heterocycles. The number of carboxylic acids is 1. The zero-order chi connectivity index (χ0) is 23.5. The second-order valence-electron chi connectivity index (χ2n) is 7.41. The molecule has 31 heavy (non-hydrogen) atoms. The van der Waals surface area contributed by atoms with Crippen LogP contribution in [-0.4, -0.2) is 39.7 Å². The Labute approximate surface area is 196 Å². The van der Waals surface area contributed by atoms with Crippen LogP contribution in [0.25, 0.3) is 0 Å². The van der Waals surface area contributed by atoms with Crippen LogP contribution in [0, 0.1) is 5.92 Å². The molecule has 1 amide bonds. The lowest BCUT2D eigenvalue weighted by Crippen LogP contribution is -2.44. The van der Waals surface area contributed by atoms with Crippen molar-refractivity contribution in [1.82, 2.24) is 5.32 Å². The minimum atomic E-state index is -3.25. The van der Waals surface area contributed by atoms with Crippen LogP contribution >= 0.6 is 39.2 Å². The van der Waals surface area contributed by atoms with Gasteiger partial charge in [-0.3, -0.25) is 9.36 Å². The summed E-state index contributed by atoms with van der Waals surface area (Å²) in [5, 5.41) is 21.7. The van der Waals surface area contributed by atoms with Crippen LogP contribution in [0.5, 0.6) is 17.2 Å². The molecule has 0 bridgehead atoms. The molecule has 2 atom stereocenters. The van der Waals surface area contributed by atoms with Crippen molar-refractivity contribution in [2.45, 2.75) is 26.1 Å². The molecule has 1 unspecified atom stereocenters. The molecule has 0 aliphatic carbocycles. The number of hydrogen-bond donors (Lipinski definition) is 4. The maximum absolute atomic E-state index is 12.5. The molecule has 0 aliphatic rings. The average Bonchev–Trinajstić information content (AvgIpc) is 2.61. The quantitative estimate of drug-likeness (QED) is 0.326. The van der Waals surface area contributed by atoms with E-state index in [1.807, 2.05) is 0 Å². The average molecular weight is 579 g/mol. The van der Waals surface area contributed by atoms with Gasteiger partial charge in [0.25, 0.3) is 5.91 Å². The van der Waals surface area contributed by atoms with Gasteiger partial charge < -0.3 is 25.2 Å². The van der Waals surface area contributed by atoms with Crippen molar-refractivity contribution in [2.75, 3.05) is 6.66 Å². The molecule has 0 fully saturated rings. The fraction of sp³-hybridized carbons (Fsp3) is 0.300. The summed E-state index contributed by atoms with van der Waals surface area (Å²) < 4.78 is 18.5. The van der Waals surface area contributed by atoms with E-state index in [4.69, 9.17) is 4.74 Å². The summed E-state index contributed by atoms with van der Waals surface area (Å²) >= 11 is 6.74. The van der Waals surface area contributed by atoms with Crippen LogP contribution in [0.1, 0.15) is 29.8 Å². The summed E-state index contributed by atoms with van der Waals surface area (Å²) in [5.41, 5.74) is 0.485. The van der Waals surface area contributed by atoms with Crippen LogP contribution in [0.15, 0.2) is 39.3 Å². The SMILES string of the molecule is CC(C)[C@H](NC(=O)c1cc(Oc2c(Br)cc(CP(C)(=O)O)cc2Br)ccc1O)C(=O)O. The molecule has 0 aliphatic heterocycles. The Bertz CT molecular complexity index is 1030. The lowest BCUT2D eigenvalue weighted by atomic mass is 10.0. The largest absolute Gasteiger partial charge is 0.507 e. The Kier molecular flexibility index (Phi) is 8.33. The van der Waals surface area contributed by atoms with Gasteiger partial charge in [0, 0.05) is 12.8 Å². The van der Waals surface area contributed by atoms with Gasteiger partial charge in [-0.05, 0) is 73.7 Å². The minimum absolute atomic E-state index is 0.00535. The fourth-order valence-electron chi connectivity index (χ4n) is 2.75. The zero-order valence-electron chi connectivity index (χ0n) is 16.9. The topological polar surface area (TPSA) is 133 Å². The van der Waals surface area contributed by atoms with Gasteiger partial charge in [0.2, 0.25) is 7.37 Å². The van der Waals surface area contributed by atoms with Gasteiger partial charge in [-0.1, -0.05) is 13.8 Å². The number of phenolic OH excluding ortho intramolecular Hbond substituents is 1. The summed E-state index contributed by atoms with van der Waals surface area (Å²) in [6, 6.07) is 6.20. The summed E-state index contributed by atoms with van der Waals surface area (Å²) in [5.74, 6) is -2.03. The third-order valence-corrected chi connectivity index (χ3v) is 6.32. The van der Waals surface area contributed by atoms with Crippen molar-refractivity contribution < 1.29 is 34.0 Å². The van der Waals surface area contributed by atoms with Gasteiger partial charge in [-0.15, -0.1) is 0 Å². The third-order valence-electron chi connectivity index (χ3n) is 4.19. The van der Waals surface area contributed by atoms with Crippen molar-refractivity contribution in [3.8, 4) is 17.2 Å². The number of aliphatic carboxylic acids is 1. The van der Waals surface area contributed by atoms with Gasteiger partial charge in [0.15, 0.2) is 5.75 Å². The van der Waals surface area contributed by atoms with E-state index in [0.29, 0.717) is 20.3 Å². The van der Waals surface area contributed by atoms with Gasteiger partial charge >= 0.3 is 5.97 Å². The number of benzene rings is 2. The Morgan fingerprint density at radius 2 is 1.74 bits per heavy atom. The predicted octanol–water partition coefficient (Wildman–Crippen LogP) is 4.95. The molecule has 2 aromatic rings. The van der Waals surface area contributed by atoms with Gasteiger partial charge in [-0.2, -0.15) is 0 Å². The monoisotopic (exact) mass is 577 g/mol. The molecule has 8 nitrogen and oxygen atoms in total. The van der Waals surface area contributed by atoms with E-state index in [-0.39, 0.29) is 29.1 Å². The molecule has 2 rings (SSSR count). The number of nitrogens with one attached hydrogen (secondary N) is 1. The number of phenols is 1. The standard InChI is InChI=1S/C20H22Br2NO7P/c1-10(2)17(20(26)27)23-19(25)13-8-12(4-5-16(13)24)30-18-14(21)6-11(7-15(18)22)9-31(3,28)29/h4-8,10,17,24H,9H2,1-3H3,(H,23,25)(H,26,27)(H,28,29)/t17-/m0/s1. The number of hydrogen-bond acceptors (Lipinski definition) is 5. The molecule has 0 saturated heterocycles. The molecule has 0 spiro atoms. The molecular weight excluding hydrogens is 557 g/mol. The highest BCUT2D eigenvalue weighted by molar-refractivity contribution is 9.11. The summed E-state index contributed by atoms with van der Waals surface area (Å²) in [6.45, 7) is 4.59. The van der Waals surface area contributed by atoms with Crippen molar-refractivity contribution in [3.63, 3.8) is 0 Å². The number of aromatic hydroxyl groups is 1. The van der Waals surface area contributed by atoms with Crippen molar-refractivity contribution in [3.05, 3.63) is 50.4 Å². The lowest BCUT2D eigenvalue weighted by molar-refractivity contribution is -0.140. The summed E-state index contributed by atoms with van der Waals surface area (Å²) in [7, 11) is -3.25. The number of rotatable bonds is 8. The first kappa shape index (κ1) is 25.4. The van der Waals surface area contributed by atoms with E-state index in [2.05, 4.69) is 37.2 Å². The summed E-state index contributed by atoms with van der Waals surface area (Å²) in [4.78, 5) is 33.5. The van der Waals surface area contributed by atoms with E-state index in [1.165, 1.54) is 24.9 Å². The van der Waals surface area contributed by atoms with E-state index in [9.17, 15) is 29.3 Å². The fourth-order valence-corrected chi connectivity index (χ4v) is 5.05. The predicted molar refractivity (Wildman–Crippen MR) is 123 cm³/mol. The first-order chi connectivity index (χ1) is 14.3. The number of ether oxygens (including phenoxy) is 1. The second-order valence-corrected chi connectivity index (χ2v) is 11.5. The normalized spacial score (nSPS) is 14.0. The molecule has 0 radical (unpaired) electrons. The van der Waals surface area contributed by atoms with Crippen molar-refractivity contribution in [1.29, 1.82) is 0 Å². The van der Waals surface area contributed by atoms with E-state index in [0.717, 1.165) is 0 Å². The third kappa shape index (κ3) is 7.07. The van der Waals surface area contributed by atoms with Crippen LogP contribution in [0.3, 0.4) is 0 Å². The molecular formula is C20H22Br2NO7P. The van der Waals surface area contributed by atoms with E-state index >= 15 is 0 Å². The Morgan fingerprint density at radius 3 is 2.23 bits per heavy atom. The Balaban J connectivity index is 2.31. The van der Waals surface area contributed by atoms with Gasteiger partial charge in [0.1, 0.15) is 17.5 Å². The first-order valence-electron chi connectivity index (χ1n) is 9.10. The van der Waals surface area contributed by atoms with Crippen LogP contribution in [-0.2, 0) is 15.5 Å². The first-order valence-corrected chi connectivity index (χ1v) is 13.0. The lowest BCUT2D eigenvalue weighted by Gasteiger charge is -2.18. The molecule has 2 aromatic carbocycles. The molecule has 4 N–H and O–H groups in total. The number of halogens is 2. The van der Waals surface area contributed by atoms with Crippen molar-refractivity contribution in [2.24, 2.45) is 5.92 Å². The highest BCUT2D eigenvalue weighted by Crippen LogP contribution is 2.44. The minimum Gasteiger partial charge on any atom is -0.507 e. The number of carboxylic acid groups (broad SMARTS) is 1. The van der Waals surface area contributed by atoms with Crippen LogP contribution in [0.4, 0.5) is 0 Å². The molecule has 11 heteroatoms. The van der Waals surface area contributed by atoms with Crippen LogP contribution < -0.4 is 10.1 Å². The number of carbonyl (C=O) groups is 2. The van der Waals surface area contributed by atoms with Gasteiger partial charge in [0.05, 0.1) is 14.5 Å². The second kappa shape index (κ2) is 10.2. The Morgan fingerprint density at radius 1 is 1.16 bits per heavy atom. The van der Waals surface area contributed by atoms with Crippen LogP contribution in [0.2, 0.25) is 0 Å². The molecule has 0 saturated carbocycles. The summed E-state index contributed by atoms with van der Waals surface area (Å²) in [6.07, 6.45) is -0.00535. The van der Waals surface area contributed by atoms with E-state index < -0.39 is 25.3 Å². The maximum atomic E-state index is 12.5. The highest BCUT2D eigenvalue weighted by Gasteiger charge is 2.25. The van der Waals surface area contributed by atoms with E-state index in [1.54, 1.807) is 26.0 Å². The van der Waals surface area contributed by atoms with Crippen molar-refractivity contribution >= 4 is 51.1 Å². The van der Waals surface area contributed by atoms with Gasteiger partial charge in [-0.25, -0.2) is 4.79 Å². The maximum Gasteiger partial charge on any atom is 0.326 e. The molecule has 0 aromatic heterocycles. The zero-order valence-corrected chi connectivity index (χ0v) is 21.0. The number of carbonyl (C=O) groups excluding carboxylic acids is 1. The highest BCUT2D eigenvalue weighted by atomic mass is 79.9. The number of amides is 1. The molecule has 168 valence electrons. The smallest absolute Gasteiger partial charge is 0.326 e.